The quantitative estimate of drug-likeness (QED) is 0.890. The molecule has 2 fully saturated rings. The van der Waals surface area contributed by atoms with E-state index in [1.807, 2.05) is 11.0 Å². The number of hydrogen-bond donors (Lipinski definition) is 1. The average Bonchev–Trinajstić information content (AvgIpc) is 3.22. The number of rotatable bonds is 4. The van der Waals surface area contributed by atoms with Crippen LogP contribution in [-0.2, 0) is 4.74 Å². The first-order chi connectivity index (χ1) is 13.3. The van der Waals surface area contributed by atoms with Crippen LogP contribution >= 0.6 is 0 Å². The zero-order chi connectivity index (χ0) is 18.5. The number of nitrogens with one attached hydrogen (secondary N) is 1. The summed E-state index contributed by atoms with van der Waals surface area (Å²) in [5.41, 5.74) is 1.73. The topological polar surface area (TPSA) is 89.5 Å². The van der Waals surface area contributed by atoms with Crippen LogP contribution in [0.3, 0.4) is 0 Å². The molecule has 1 N–H and O–H groups in total. The number of nitrogens with zero attached hydrogens (tertiary/aromatic N) is 4. The minimum Gasteiger partial charge on any atom is -0.472 e. The van der Waals surface area contributed by atoms with E-state index in [4.69, 9.17) is 9.47 Å². The van der Waals surface area contributed by atoms with Crippen molar-refractivity contribution in [2.45, 2.75) is 31.3 Å². The minimum atomic E-state index is -0.0995. The Bertz CT molecular complexity index is 759. The highest BCUT2D eigenvalue weighted by Crippen LogP contribution is 2.26. The molecular formula is C19H23N5O3. The molecule has 8 nitrogen and oxygen atoms in total. The fourth-order valence-corrected chi connectivity index (χ4v) is 3.45. The van der Waals surface area contributed by atoms with Gasteiger partial charge in [-0.2, -0.15) is 0 Å². The molecule has 0 radical (unpaired) electrons. The molecule has 2 aromatic heterocycles. The third-order valence-electron chi connectivity index (χ3n) is 4.97. The van der Waals surface area contributed by atoms with Crippen LogP contribution in [0.1, 0.15) is 30.9 Å². The van der Waals surface area contributed by atoms with Gasteiger partial charge in [0.1, 0.15) is 12.4 Å². The van der Waals surface area contributed by atoms with Crippen molar-refractivity contribution in [2.75, 3.05) is 31.6 Å². The molecule has 2 aromatic rings. The van der Waals surface area contributed by atoms with E-state index < -0.39 is 0 Å². The van der Waals surface area contributed by atoms with Crippen molar-refractivity contribution in [3.8, 4) is 5.88 Å². The molecule has 0 aromatic carbocycles. The molecule has 0 spiro atoms. The Morgan fingerprint density at radius 1 is 1.19 bits per heavy atom. The molecule has 4 rings (SSSR count). The molecule has 0 aliphatic carbocycles. The number of likely N-dealkylation sites (tertiary alicyclic amines) is 1. The molecule has 2 saturated heterocycles. The second kappa shape index (κ2) is 8.30. The van der Waals surface area contributed by atoms with Crippen molar-refractivity contribution in [2.24, 2.45) is 0 Å². The second-order valence-corrected chi connectivity index (χ2v) is 6.81. The van der Waals surface area contributed by atoms with Gasteiger partial charge in [0.25, 0.3) is 0 Å². The number of aromatic nitrogens is 3. The van der Waals surface area contributed by atoms with Gasteiger partial charge in [-0.15, -0.1) is 0 Å². The van der Waals surface area contributed by atoms with Gasteiger partial charge in [-0.3, -0.25) is 0 Å². The Morgan fingerprint density at radius 2 is 2.07 bits per heavy atom. The molecule has 27 heavy (non-hydrogen) atoms. The highest BCUT2D eigenvalue weighted by atomic mass is 16.5. The van der Waals surface area contributed by atoms with Gasteiger partial charge in [0, 0.05) is 55.3 Å². The fourth-order valence-electron chi connectivity index (χ4n) is 3.45. The van der Waals surface area contributed by atoms with Gasteiger partial charge < -0.3 is 19.7 Å². The van der Waals surface area contributed by atoms with Gasteiger partial charge >= 0.3 is 6.03 Å². The Balaban J connectivity index is 1.30. The predicted octanol–water partition coefficient (Wildman–Crippen LogP) is 2.45. The summed E-state index contributed by atoms with van der Waals surface area (Å²) in [4.78, 5) is 26.9. The van der Waals surface area contributed by atoms with Gasteiger partial charge in [-0.25, -0.2) is 19.7 Å². The van der Waals surface area contributed by atoms with Crippen molar-refractivity contribution in [3.63, 3.8) is 0 Å². The summed E-state index contributed by atoms with van der Waals surface area (Å²) in [6.45, 7) is 2.70. The van der Waals surface area contributed by atoms with Crippen LogP contribution in [0, 0.1) is 0 Å². The maximum absolute atomic E-state index is 12.6. The van der Waals surface area contributed by atoms with E-state index >= 15 is 0 Å². The van der Waals surface area contributed by atoms with Crippen LogP contribution in [-0.4, -0.2) is 58.3 Å². The first-order valence-electron chi connectivity index (χ1n) is 9.30. The number of piperidine rings is 1. The van der Waals surface area contributed by atoms with E-state index in [-0.39, 0.29) is 12.1 Å². The summed E-state index contributed by atoms with van der Waals surface area (Å²) in [5, 5.41) is 2.94. The summed E-state index contributed by atoms with van der Waals surface area (Å²) in [6, 6.07) is 5.37. The standard InChI is InChI=1S/C19H23N5O3/c25-19(24-8-3-14(4-9-24)17-2-6-20-13-22-17)23-15-1-7-21-18(11-15)27-16-5-10-26-12-16/h1-2,6-7,11,13-14,16H,3-5,8-10,12H2,(H,21,23,25). The monoisotopic (exact) mass is 369 g/mol. The van der Waals surface area contributed by atoms with Crippen molar-refractivity contribution in [3.05, 3.63) is 42.6 Å². The van der Waals surface area contributed by atoms with Crippen molar-refractivity contribution in [1.82, 2.24) is 19.9 Å². The summed E-state index contributed by atoms with van der Waals surface area (Å²) < 4.78 is 11.1. The number of pyridine rings is 1. The number of carbonyl (C=O) groups excluding carboxylic acids is 1. The Hall–Kier alpha value is -2.74. The lowest BCUT2D eigenvalue weighted by Crippen LogP contribution is -2.40. The number of urea groups is 1. The van der Waals surface area contributed by atoms with Crippen LogP contribution < -0.4 is 10.1 Å². The minimum absolute atomic E-state index is 0.0317. The van der Waals surface area contributed by atoms with E-state index in [9.17, 15) is 4.79 Å². The first kappa shape index (κ1) is 17.7. The lowest BCUT2D eigenvalue weighted by molar-refractivity contribution is 0.138. The van der Waals surface area contributed by atoms with Crippen LogP contribution in [0.4, 0.5) is 10.5 Å². The Kier molecular flexibility index (Phi) is 5.43. The molecule has 1 unspecified atom stereocenters. The molecule has 0 saturated carbocycles. The molecule has 4 heterocycles. The normalized spacial score (nSPS) is 20.4. The smallest absolute Gasteiger partial charge is 0.321 e. The van der Waals surface area contributed by atoms with Gasteiger partial charge in [-0.05, 0) is 25.0 Å². The maximum atomic E-state index is 12.6. The van der Waals surface area contributed by atoms with Gasteiger partial charge in [0.05, 0.1) is 13.2 Å². The number of amides is 2. The van der Waals surface area contributed by atoms with Crippen LogP contribution in [0.15, 0.2) is 36.9 Å². The molecule has 0 bridgehead atoms. The van der Waals surface area contributed by atoms with Crippen LogP contribution in [0.2, 0.25) is 0 Å². The third kappa shape index (κ3) is 4.51. The largest absolute Gasteiger partial charge is 0.472 e. The lowest BCUT2D eigenvalue weighted by Gasteiger charge is -2.31. The van der Waals surface area contributed by atoms with E-state index in [1.165, 1.54) is 0 Å². The van der Waals surface area contributed by atoms with Gasteiger partial charge in [-0.1, -0.05) is 0 Å². The highest BCUT2D eigenvalue weighted by molar-refractivity contribution is 5.89. The molecule has 1 atom stereocenters. The Labute approximate surface area is 157 Å². The average molecular weight is 369 g/mol. The maximum Gasteiger partial charge on any atom is 0.321 e. The zero-order valence-electron chi connectivity index (χ0n) is 15.1. The fraction of sp³-hybridized carbons (Fsp3) is 0.474. The molecule has 8 heteroatoms. The Morgan fingerprint density at radius 3 is 2.81 bits per heavy atom. The van der Waals surface area contributed by atoms with Crippen molar-refractivity contribution >= 4 is 11.7 Å². The summed E-state index contributed by atoms with van der Waals surface area (Å²) in [5.74, 6) is 0.886. The van der Waals surface area contributed by atoms with Crippen LogP contribution in [0.5, 0.6) is 5.88 Å². The summed E-state index contributed by atoms with van der Waals surface area (Å²) in [7, 11) is 0. The molecular weight excluding hydrogens is 346 g/mol. The lowest BCUT2D eigenvalue weighted by atomic mass is 9.93. The van der Waals surface area contributed by atoms with E-state index in [1.54, 1.807) is 30.9 Å². The number of carbonyl (C=O) groups is 1. The van der Waals surface area contributed by atoms with Crippen molar-refractivity contribution < 1.29 is 14.3 Å². The second-order valence-electron chi connectivity index (χ2n) is 6.81. The van der Waals surface area contributed by atoms with E-state index in [0.717, 1.165) is 25.0 Å². The first-order valence-corrected chi connectivity index (χ1v) is 9.30. The predicted molar refractivity (Wildman–Crippen MR) is 98.7 cm³/mol. The van der Waals surface area contributed by atoms with Crippen molar-refractivity contribution in [1.29, 1.82) is 0 Å². The number of hydrogen-bond acceptors (Lipinski definition) is 6. The van der Waals surface area contributed by atoms with Crippen LogP contribution in [0.25, 0.3) is 0 Å². The molecule has 2 aliphatic rings. The molecule has 2 amide bonds. The van der Waals surface area contributed by atoms with Gasteiger partial charge in [0.2, 0.25) is 5.88 Å². The third-order valence-corrected chi connectivity index (χ3v) is 4.97. The molecule has 142 valence electrons. The summed E-state index contributed by atoms with van der Waals surface area (Å²) >= 11 is 0. The van der Waals surface area contributed by atoms with E-state index in [2.05, 4.69) is 20.3 Å². The van der Waals surface area contributed by atoms with E-state index in [0.29, 0.717) is 43.8 Å². The SMILES string of the molecule is O=C(Nc1ccnc(OC2CCOC2)c1)N1CCC(c2ccncn2)CC1. The number of anilines is 1. The van der Waals surface area contributed by atoms with Gasteiger partial charge in [0.15, 0.2) is 0 Å². The zero-order valence-corrected chi connectivity index (χ0v) is 15.1. The molecule has 2 aliphatic heterocycles. The number of ether oxygens (including phenoxy) is 2. The summed E-state index contributed by atoms with van der Waals surface area (Å²) in [6.07, 6.45) is 7.68. The highest BCUT2D eigenvalue weighted by Gasteiger charge is 2.25.